The van der Waals surface area contributed by atoms with Gasteiger partial charge in [0.15, 0.2) is 0 Å². The van der Waals surface area contributed by atoms with Crippen molar-refractivity contribution < 1.29 is 4.79 Å². The molecule has 0 bridgehead atoms. The van der Waals surface area contributed by atoms with Crippen molar-refractivity contribution in [3.63, 3.8) is 0 Å². The second-order valence-corrected chi connectivity index (χ2v) is 4.77. The minimum Gasteiger partial charge on any atom is -0.399 e. The quantitative estimate of drug-likeness (QED) is 0.841. The molecule has 0 aromatic heterocycles. The molecule has 0 aliphatic heterocycles. The lowest BCUT2D eigenvalue weighted by molar-refractivity contribution is 0.0988. The first-order valence-electron chi connectivity index (χ1n) is 6.56. The summed E-state index contributed by atoms with van der Waals surface area (Å²) in [6.45, 7) is 4.53. The maximum Gasteiger partial charge on any atom is 0.258 e. The first-order chi connectivity index (χ1) is 9.51. The molecule has 20 heavy (non-hydrogen) atoms. The summed E-state index contributed by atoms with van der Waals surface area (Å²) in [4.78, 5) is 14.3. The Morgan fingerprint density at radius 2 is 1.60 bits per heavy atom. The Labute approximate surface area is 119 Å². The zero-order valence-electron chi connectivity index (χ0n) is 11.8. The van der Waals surface area contributed by atoms with Gasteiger partial charge in [-0.15, -0.1) is 0 Å². The van der Waals surface area contributed by atoms with E-state index in [1.807, 2.05) is 38.1 Å². The summed E-state index contributed by atoms with van der Waals surface area (Å²) in [7, 11) is 0. The van der Waals surface area contributed by atoms with Crippen molar-refractivity contribution in [3.05, 3.63) is 53.6 Å². The minimum atomic E-state index is -0.102. The number of carbonyl (C=O) groups excluding carboxylic acids is 1. The van der Waals surface area contributed by atoms with Crippen LogP contribution in [-0.2, 0) is 0 Å². The van der Waals surface area contributed by atoms with Gasteiger partial charge in [0.25, 0.3) is 5.91 Å². The Hall–Kier alpha value is -2.49. The van der Waals surface area contributed by atoms with Crippen molar-refractivity contribution in [1.29, 1.82) is 0 Å². The highest BCUT2D eigenvalue weighted by molar-refractivity contribution is 6.07. The highest BCUT2D eigenvalue weighted by Crippen LogP contribution is 2.20. The minimum absolute atomic E-state index is 0.102. The fourth-order valence-corrected chi connectivity index (χ4v) is 2.12. The second kappa shape index (κ2) is 5.65. The molecule has 4 heteroatoms. The number of hydrogen-bond acceptors (Lipinski definition) is 3. The summed E-state index contributed by atoms with van der Waals surface area (Å²) in [5, 5.41) is 0. The van der Waals surface area contributed by atoms with Gasteiger partial charge < -0.3 is 16.4 Å². The highest BCUT2D eigenvalue weighted by Gasteiger charge is 2.16. The van der Waals surface area contributed by atoms with Crippen LogP contribution >= 0.6 is 0 Å². The maximum atomic E-state index is 12.6. The summed E-state index contributed by atoms with van der Waals surface area (Å²) in [6, 6.07) is 12.8. The second-order valence-electron chi connectivity index (χ2n) is 4.77. The van der Waals surface area contributed by atoms with Crippen LogP contribution in [0.1, 0.15) is 22.8 Å². The molecule has 104 valence electrons. The lowest BCUT2D eigenvalue weighted by Crippen LogP contribution is -2.30. The number of nitrogens with two attached hydrogens (primary N) is 2. The summed E-state index contributed by atoms with van der Waals surface area (Å²) >= 11 is 0. The van der Waals surface area contributed by atoms with Crippen LogP contribution in [-0.4, -0.2) is 12.5 Å². The number of benzene rings is 2. The third-order valence-corrected chi connectivity index (χ3v) is 3.13. The summed E-state index contributed by atoms with van der Waals surface area (Å²) in [5.41, 5.74) is 15.0. The Balaban J connectivity index is 2.36. The molecular formula is C16H19N3O. The van der Waals surface area contributed by atoms with Gasteiger partial charge in [-0.3, -0.25) is 4.79 Å². The predicted octanol–water partition coefficient (Wildman–Crippen LogP) is 2.83. The van der Waals surface area contributed by atoms with Crippen LogP contribution in [0.4, 0.5) is 17.1 Å². The fraction of sp³-hybridized carbons (Fsp3) is 0.188. The molecule has 2 aromatic carbocycles. The summed E-state index contributed by atoms with van der Waals surface area (Å²) in [5.74, 6) is -0.102. The van der Waals surface area contributed by atoms with Crippen LogP contribution < -0.4 is 16.4 Å². The third-order valence-electron chi connectivity index (χ3n) is 3.13. The number of rotatable bonds is 3. The van der Waals surface area contributed by atoms with Gasteiger partial charge >= 0.3 is 0 Å². The molecule has 0 atom stereocenters. The molecule has 0 spiro atoms. The molecule has 4 nitrogen and oxygen atoms in total. The van der Waals surface area contributed by atoms with Crippen molar-refractivity contribution in [2.75, 3.05) is 22.9 Å². The van der Waals surface area contributed by atoms with Crippen molar-refractivity contribution in [2.24, 2.45) is 0 Å². The van der Waals surface area contributed by atoms with Gasteiger partial charge in [-0.05, 0) is 44.2 Å². The van der Waals surface area contributed by atoms with E-state index in [1.165, 1.54) is 0 Å². The molecule has 0 unspecified atom stereocenters. The van der Waals surface area contributed by atoms with Gasteiger partial charge in [-0.2, -0.15) is 0 Å². The van der Waals surface area contributed by atoms with Crippen LogP contribution in [0.5, 0.6) is 0 Å². The van der Waals surface area contributed by atoms with Gasteiger partial charge in [0.2, 0.25) is 0 Å². The Morgan fingerprint density at radius 3 is 2.10 bits per heavy atom. The molecule has 0 aliphatic carbocycles. The van der Waals surface area contributed by atoms with Crippen molar-refractivity contribution >= 4 is 23.0 Å². The van der Waals surface area contributed by atoms with Crippen LogP contribution in [0.25, 0.3) is 0 Å². The van der Waals surface area contributed by atoms with E-state index < -0.39 is 0 Å². The van der Waals surface area contributed by atoms with Gasteiger partial charge in [0.1, 0.15) is 0 Å². The number of nitrogen functional groups attached to an aromatic ring is 2. The largest absolute Gasteiger partial charge is 0.399 e. The number of aryl methyl sites for hydroxylation is 1. The topological polar surface area (TPSA) is 72.3 Å². The van der Waals surface area contributed by atoms with E-state index >= 15 is 0 Å². The molecule has 0 aliphatic rings. The average molecular weight is 269 g/mol. The number of amides is 1. The Kier molecular flexibility index (Phi) is 3.94. The highest BCUT2D eigenvalue weighted by atomic mass is 16.2. The van der Waals surface area contributed by atoms with Crippen LogP contribution in [0.2, 0.25) is 0 Å². The van der Waals surface area contributed by atoms with Gasteiger partial charge in [0, 0.05) is 29.2 Å². The van der Waals surface area contributed by atoms with Gasteiger partial charge in [-0.25, -0.2) is 0 Å². The normalized spacial score (nSPS) is 10.3. The molecule has 0 saturated carbocycles. The number of nitrogens with zero attached hydrogens (tertiary/aromatic N) is 1. The molecule has 0 heterocycles. The van der Waals surface area contributed by atoms with E-state index in [0.29, 0.717) is 23.5 Å². The number of anilines is 3. The zero-order chi connectivity index (χ0) is 14.7. The van der Waals surface area contributed by atoms with E-state index in [0.717, 1.165) is 11.3 Å². The lowest BCUT2D eigenvalue weighted by Gasteiger charge is -2.21. The first-order valence-corrected chi connectivity index (χ1v) is 6.56. The molecule has 2 aromatic rings. The molecular weight excluding hydrogens is 250 g/mol. The van der Waals surface area contributed by atoms with Crippen molar-refractivity contribution in [2.45, 2.75) is 13.8 Å². The third kappa shape index (κ3) is 2.91. The van der Waals surface area contributed by atoms with E-state index in [-0.39, 0.29) is 5.91 Å². The molecule has 1 amide bonds. The van der Waals surface area contributed by atoms with Crippen molar-refractivity contribution in [3.8, 4) is 0 Å². The Bertz CT molecular complexity index is 600. The van der Waals surface area contributed by atoms with Crippen LogP contribution in [0.3, 0.4) is 0 Å². The van der Waals surface area contributed by atoms with E-state index in [2.05, 4.69) is 0 Å². The molecule has 0 fully saturated rings. The van der Waals surface area contributed by atoms with E-state index in [9.17, 15) is 4.79 Å². The lowest BCUT2D eigenvalue weighted by atomic mass is 10.1. The number of carbonyl (C=O) groups is 1. The standard InChI is InChI=1S/C16H19N3O/c1-3-19(15-6-4-11(2)5-7-15)16(20)12-8-13(17)10-14(18)9-12/h4-10H,3,17-18H2,1-2H3. The molecule has 4 N–H and O–H groups in total. The average Bonchev–Trinajstić information content (AvgIpc) is 2.40. The molecule has 0 radical (unpaired) electrons. The van der Waals surface area contributed by atoms with Crippen molar-refractivity contribution in [1.82, 2.24) is 0 Å². The smallest absolute Gasteiger partial charge is 0.258 e. The predicted molar refractivity (Wildman–Crippen MR) is 83.8 cm³/mol. The van der Waals surface area contributed by atoms with E-state index in [1.54, 1.807) is 23.1 Å². The molecule has 2 rings (SSSR count). The van der Waals surface area contributed by atoms with Gasteiger partial charge in [0.05, 0.1) is 0 Å². The Morgan fingerprint density at radius 1 is 1.05 bits per heavy atom. The number of hydrogen-bond donors (Lipinski definition) is 2. The summed E-state index contributed by atoms with van der Waals surface area (Å²) in [6.07, 6.45) is 0. The fourth-order valence-electron chi connectivity index (χ4n) is 2.12. The SMILES string of the molecule is CCN(C(=O)c1cc(N)cc(N)c1)c1ccc(C)cc1. The molecule has 0 saturated heterocycles. The monoisotopic (exact) mass is 269 g/mol. The van der Waals surface area contributed by atoms with Crippen LogP contribution in [0, 0.1) is 6.92 Å². The first kappa shape index (κ1) is 13.9. The van der Waals surface area contributed by atoms with E-state index in [4.69, 9.17) is 11.5 Å². The zero-order valence-corrected chi connectivity index (χ0v) is 11.8. The van der Waals surface area contributed by atoms with Crippen LogP contribution in [0.15, 0.2) is 42.5 Å². The van der Waals surface area contributed by atoms with Gasteiger partial charge in [-0.1, -0.05) is 17.7 Å². The maximum absolute atomic E-state index is 12.6. The summed E-state index contributed by atoms with van der Waals surface area (Å²) < 4.78 is 0.